The molecule has 0 fully saturated rings. The predicted octanol–water partition coefficient (Wildman–Crippen LogP) is 2.94. The van der Waals surface area contributed by atoms with Gasteiger partial charge < -0.3 is 10.1 Å². The minimum Gasteiger partial charge on any atom is -0.457 e. The minimum atomic E-state index is -0.426. The van der Waals surface area contributed by atoms with E-state index in [1.807, 2.05) is 19.2 Å². The van der Waals surface area contributed by atoms with E-state index in [2.05, 4.69) is 5.32 Å². The molecule has 3 nitrogen and oxygen atoms in total. The molecule has 4 heteroatoms. The number of benzene rings is 2. The van der Waals surface area contributed by atoms with E-state index in [0.717, 1.165) is 18.5 Å². The zero-order valence-electron chi connectivity index (χ0n) is 11.9. The van der Waals surface area contributed by atoms with Crippen LogP contribution in [0.25, 0.3) is 0 Å². The van der Waals surface area contributed by atoms with Crippen LogP contribution >= 0.6 is 0 Å². The molecular formula is C17H18FNO2. The van der Waals surface area contributed by atoms with Gasteiger partial charge in [0.25, 0.3) is 0 Å². The van der Waals surface area contributed by atoms with E-state index in [-0.39, 0.29) is 12.4 Å². The highest BCUT2D eigenvalue weighted by Gasteiger charge is 2.13. The van der Waals surface area contributed by atoms with Gasteiger partial charge in [-0.25, -0.2) is 9.18 Å². The predicted molar refractivity (Wildman–Crippen MR) is 79.6 cm³/mol. The van der Waals surface area contributed by atoms with Crippen LogP contribution < -0.4 is 5.32 Å². The Bertz CT molecular complexity index is 613. The molecule has 0 aliphatic carbocycles. The summed E-state index contributed by atoms with van der Waals surface area (Å²) in [7, 11) is 1.86. The van der Waals surface area contributed by atoms with E-state index in [9.17, 15) is 9.18 Å². The van der Waals surface area contributed by atoms with E-state index >= 15 is 0 Å². The van der Waals surface area contributed by atoms with E-state index in [1.165, 1.54) is 6.07 Å². The SMILES string of the molecule is CNCCc1ccccc1C(=O)OCc1ccccc1F. The summed E-state index contributed by atoms with van der Waals surface area (Å²) in [4.78, 5) is 12.1. The van der Waals surface area contributed by atoms with Crippen molar-refractivity contribution in [1.82, 2.24) is 5.32 Å². The first kappa shape index (κ1) is 15.2. The summed E-state index contributed by atoms with van der Waals surface area (Å²) in [6.45, 7) is 0.712. The van der Waals surface area contributed by atoms with Gasteiger partial charge in [-0.2, -0.15) is 0 Å². The normalized spacial score (nSPS) is 10.4. The molecule has 0 bridgehead atoms. The number of hydrogen-bond acceptors (Lipinski definition) is 3. The van der Waals surface area contributed by atoms with Gasteiger partial charge in [0, 0.05) is 5.56 Å². The van der Waals surface area contributed by atoms with Gasteiger partial charge in [-0.1, -0.05) is 36.4 Å². The lowest BCUT2D eigenvalue weighted by Gasteiger charge is -2.10. The lowest BCUT2D eigenvalue weighted by Crippen LogP contribution is -2.14. The molecule has 0 aliphatic heterocycles. The molecule has 0 heterocycles. The molecule has 110 valence electrons. The summed E-state index contributed by atoms with van der Waals surface area (Å²) >= 11 is 0. The van der Waals surface area contributed by atoms with Crippen molar-refractivity contribution in [2.75, 3.05) is 13.6 Å². The highest BCUT2D eigenvalue weighted by molar-refractivity contribution is 5.91. The van der Waals surface area contributed by atoms with Crippen LogP contribution in [0.15, 0.2) is 48.5 Å². The Morgan fingerprint density at radius 2 is 1.76 bits per heavy atom. The van der Waals surface area contributed by atoms with Gasteiger partial charge >= 0.3 is 5.97 Å². The lowest BCUT2D eigenvalue weighted by molar-refractivity contribution is 0.0467. The van der Waals surface area contributed by atoms with E-state index in [4.69, 9.17) is 4.74 Å². The summed E-state index contributed by atoms with van der Waals surface area (Å²) in [5.74, 6) is -0.793. The maximum Gasteiger partial charge on any atom is 0.338 e. The maximum atomic E-state index is 13.5. The first-order chi connectivity index (χ1) is 10.2. The fourth-order valence-electron chi connectivity index (χ4n) is 2.03. The molecule has 21 heavy (non-hydrogen) atoms. The van der Waals surface area contributed by atoms with Crippen molar-refractivity contribution >= 4 is 5.97 Å². The number of ether oxygens (including phenoxy) is 1. The average Bonchev–Trinajstić information content (AvgIpc) is 2.52. The van der Waals surface area contributed by atoms with Crippen LogP contribution in [-0.2, 0) is 17.8 Å². The van der Waals surface area contributed by atoms with E-state index < -0.39 is 5.97 Å². The van der Waals surface area contributed by atoms with E-state index in [0.29, 0.717) is 11.1 Å². The van der Waals surface area contributed by atoms with Crippen LogP contribution in [0.5, 0.6) is 0 Å². The topological polar surface area (TPSA) is 38.3 Å². The van der Waals surface area contributed by atoms with Crippen molar-refractivity contribution in [2.24, 2.45) is 0 Å². The summed E-state index contributed by atoms with van der Waals surface area (Å²) in [5, 5.41) is 3.05. The van der Waals surface area contributed by atoms with Crippen molar-refractivity contribution in [3.05, 3.63) is 71.0 Å². The molecular weight excluding hydrogens is 269 g/mol. The second kappa shape index (κ2) is 7.55. The molecule has 2 aromatic carbocycles. The number of rotatable bonds is 6. The van der Waals surface area contributed by atoms with Crippen molar-refractivity contribution in [3.8, 4) is 0 Å². The fraction of sp³-hybridized carbons (Fsp3) is 0.235. The number of hydrogen-bond donors (Lipinski definition) is 1. The zero-order chi connectivity index (χ0) is 15.1. The zero-order valence-corrected chi connectivity index (χ0v) is 11.9. The van der Waals surface area contributed by atoms with Gasteiger partial charge in [0.1, 0.15) is 12.4 Å². The van der Waals surface area contributed by atoms with Crippen molar-refractivity contribution in [2.45, 2.75) is 13.0 Å². The number of esters is 1. The largest absolute Gasteiger partial charge is 0.457 e. The summed E-state index contributed by atoms with van der Waals surface area (Å²) in [5.41, 5.74) is 1.83. The standard InChI is InChI=1S/C17H18FNO2/c1-19-11-10-13-6-2-4-8-15(13)17(20)21-12-14-7-3-5-9-16(14)18/h2-9,19H,10-12H2,1H3. The van der Waals surface area contributed by atoms with Crippen LogP contribution in [-0.4, -0.2) is 19.6 Å². The molecule has 0 atom stereocenters. The average molecular weight is 287 g/mol. The van der Waals surface area contributed by atoms with Gasteiger partial charge in [-0.3, -0.25) is 0 Å². The van der Waals surface area contributed by atoms with Gasteiger partial charge in [0.05, 0.1) is 5.56 Å². The van der Waals surface area contributed by atoms with Crippen LogP contribution in [0.3, 0.4) is 0 Å². The van der Waals surface area contributed by atoms with Crippen molar-refractivity contribution < 1.29 is 13.9 Å². The Kier molecular flexibility index (Phi) is 5.46. The Morgan fingerprint density at radius 3 is 2.48 bits per heavy atom. The molecule has 0 saturated heterocycles. The van der Waals surface area contributed by atoms with Crippen LogP contribution in [0.1, 0.15) is 21.5 Å². The van der Waals surface area contributed by atoms with Crippen molar-refractivity contribution in [3.63, 3.8) is 0 Å². The van der Waals surface area contributed by atoms with Gasteiger partial charge in [0.2, 0.25) is 0 Å². The molecule has 2 aromatic rings. The molecule has 0 unspecified atom stereocenters. The number of carbonyl (C=O) groups is 1. The third-order valence-corrected chi connectivity index (χ3v) is 3.20. The molecule has 0 amide bonds. The second-order valence-corrected chi connectivity index (χ2v) is 4.68. The Hall–Kier alpha value is -2.20. The van der Waals surface area contributed by atoms with Gasteiger partial charge in [-0.15, -0.1) is 0 Å². The number of halogens is 1. The maximum absolute atomic E-state index is 13.5. The lowest BCUT2D eigenvalue weighted by atomic mass is 10.0. The molecule has 0 saturated carbocycles. The third kappa shape index (κ3) is 4.13. The third-order valence-electron chi connectivity index (χ3n) is 3.20. The smallest absolute Gasteiger partial charge is 0.338 e. The molecule has 0 radical (unpaired) electrons. The first-order valence-corrected chi connectivity index (χ1v) is 6.85. The minimum absolute atomic E-state index is 0.0636. The monoisotopic (exact) mass is 287 g/mol. The fourth-order valence-corrected chi connectivity index (χ4v) is 2.03. The van der Waals surface area contributed by atoms with Crippen LogP contribution in [0.2, 0.25) is 0 Å². The summed E-state index contributed by atoms with van der Waals surface area (Å²) in [6.07, 6.45) is 0.738. The van der Waals surface area contributed by atoms with Crippen molar-refractivity contribution in [1.29, 1.82) is 0 Å². The number of nitrogens with one attached hydrogen (secondary N) is 1. The Balaban J connectivity index is 2.05. The van der Waals surface area contributed by atoms with Crippen LogP contribution in [0, 0.1) is 5.82 Å². The van der Waals surface area contributed by atoms with Crippen LogP contribution in [0.4, 0.5) is 4.39 Å². The van der Waals surface area contributed by atoms with Gasteiger partial charge in [-0.05, 0) is 37.7 Å². The molecule has 0 spiro atoms. The second-order valence-electron chi connectivity index (χ2n) is 4.68. The number of likely N-dealkylation sites (N-methyl/N-ethyl adjacent to an activating group) is 1. The Morgan fingerprint density at radius 1 is 1.10 bits per heavy atom. The Labute approximate surface area is 123 Å². The number of carbonyl (C=O) groups excluding carboxylic acids is 1. The molecule has 0 aliphatic rings. The van der Waals surface area contributed by atoms with Gasteiger partial charge in [0.15, 0.2) is 0 Å². The van der Waals surface area contributed by atoms with E-state index in [1.54, 1.807) is 30.3 Å². The quantitative estimate of drug-likeness (QED) is 0.830. The summed E-state index contributed by atoms with van der Waals surface area (Å²) < 4.78 is 18.7. The molecule has 1 N–H and O–H groups in total. The summed E-state index contributed by atoms with van der Waals surface area (Å²) in [6, 6.07) is 13.6. The highest BCUT2D eigenvalue weighted by atomic mass is 19.1. The highest BCUT2D eigenvalue weighted by Crippen LogP contribution is 2.13. The first-order valence-electron chi connectivity index (χ1n) is 6.85. The molecule has 2 rings (SSSR count). The molecule has 0 aromatic heterocycles.